The number of aliphatic hydroxyl groups is 1. The summed E-state index contributed by atoms with van der Waals surface area (Å²) in [7, 11) is 0. The van der Waals surface area contributed by atoms with Gasteiger partial charge in [0.05, 0.1) is 6.26 Å². The molecule has 0 bridgehead atoms. The third-order valence-corrected chi connectivity index (χ3v) is 2.93. The normalized spacial score (nSPS) is 13.5. The summed E-state index contributed by atoms with van der Waals surface area (Å²) in [6.45, 7) is 1.77. The SMILES string of the molecule is CC(CC(O)c1ccco1)NC(=O)Nc1ccc(F)cc1. The Labute approximate surface area is 121 Å². The Bertz CT molecular complexity index is 569. The number of hydrogen-bond donors (Lipinski definition) is 3. The average molecular weight is 292 g/mol. The van der Waals surface area contributed by atoms with Crippen molar-refractivity contribution in [1.29, 1.82) is 0 Å². The first kappa shape index (κ1) is 15.1. The highest BCUT2D eigenvalue weighted by atomic mass is 19.1. The van der Waals surface area contributed by atoms with Crippen LogP contribution in [0.1, 0.15) is 25.2 Å². The summed E-state index contributed by atoms with van der Waals surface area (Å²) in [4.78, 5) is 11.8. The first-order chi connectivity index (χ1) is 10.0. The zero-order chi connectivity index (χ0) is 15.2. The zero-order valence-corrected chi connectivity index (χ0v) is 11.5. The number of carbonyl (C=O) groups excluding carboxylic acids is 1. The first-order valence-electron chi connectivity index (χ1n) is 6.59. The Balaban J connectivity index is 1.80. The molecular formula is C15H17FN2O3. The van der Waals surface area contributed by atoms with Gasteiger partial charge in [0.15, 0.2) is 0 Å². The van der Waals surface area contributed by atoms with E-state index in [9.17, 15) is 14.3 Å². The summed E-state index contributed by atoms with van der Waals surface area (Å²) in [5.41, 5.74) is 0.493. The van der Waals surface area contributed by atoms with Gasteiger partial charge in [0.2, 0.25) is 0 Å². The molecular weight excluding hydrogens is 275 g/mol. The monoisotopic (exact) mass is 292 g/mol. The van der Waals surface area contributed by atoms with Crippen LogP contribution in [0.4, 0.5) is 14.9 Å². The van der Waals surface area contributed by atoms with Gasteiger partial charge in [-0.05, 0) is 43.3 Å². The van der Waals surface area contributed by atoms with Gasteiger partial charge in [-0.25, -0.2) is 9.18 Å². The Morgan fingerprint density at radius 2 is 2.05 bits per heavy atom. The number of aliphatic hydroxyl groups excluding tert-OH is 1. The number of rotatable bonds is 5. The van der Waals surface area contributed by atoms with Gasteiger partial charge in [-0.2, -0.15) is 0 Å². The van der Waals surface area contributed by atoms with Crippen molar-refractivity contribution in [3.8, 4) is 0 Å². The second-order valence-corrected chi connectivity index (χ2v) is 4.77. The summed E-state index contributed by atoms with van der Waals surface area (Å²) < 4.78 is 17.8. The molecule has 0 aliphatic heterocycles. The fourth-order valence-corrected chi connectivity index (χ4v) is 1.92. The van der Waals surface area contributed by atoms with Crippen LogP contribution in [0.5, 0.6) is 0 Å². The van der Waals surface area contributed by atoms with Gasteiger partial charge in [-0.15, -0.1) is 0 Å². The lowest BCUT2D eigenvalue weighted by Crippen LogP contribution is -2.37. The number of anilines is 1. The summed E-state index contributed by atoms with van der Waals surface area (Å²) >= 11 is 0. The molecule has 1 heterocycles. The molecule has 0 spiro atoms. The third kappa shape index (κ3) is 4.61. The maximum Gasteiger partial charge on any atom is 0.319 e. The van der Waals surface area contributed by atoms with Gasteiger partial charge in [-0.3, -0.25) is 0 Å². The van der Waals surface area contributed by atoms with Gasteiger partial charge < -0.3 is 20.2 Å². The molecule has 1 aromatic carbocycles. The Morgan fingerprint density at radius 3 is 2.67 bits per heavy atom. The zero-order valence-electron chi connectivity index (χ0n) is 11.5. The number of amides is 2. The van der Waals surface area contributed by atoms with Crippen molar-refractivity contribution in [3.63, 3.8) is 0 Å². The van der Waals surface area contributed by atoms with E-state index in [2.05, 4.69) is 10.6 Å². The molecule has 112 valence electrons. The van der Waals surface area contributed by atoms with Gasteiger partial charge in [-0.1, -0.05) is 0 Å². The maximum absolute atomic E-state index is 12.7. The van der Waals surface area contributed by atoms with E-state index in [4.69, 9.17) is 4.42 Å². The molecule has 2 amide bonds. The number of urea groups is 1. The number of nitrogens with one attached hydrogen (secondary N) is 2. The molecule has 6 heteroatoms. The first-order valence-corrected chi connectivity index (χ1v) is 6.59. The molecule has 2 atom stereocenters. The van der Waals surface area contributed by atoms with Crippen LogP contribution >= 0.6 is 0 Å². The van der Waals surface area contributed by atoms with Crippen LogP contribution in [0.3, 0.4) is 0 Å². The van der Waals surface area contributed by atoms with Crippen LogP contribution in [0.15, 0.2) is 47.1 Å². The standard InChI is InChI=1S/C15H17FN2O3/c1-10(9-13(19)14-3-2-8-21-14)17-15(20)18-12-6-4-11(16)5-7-12/h2-8,10,13,19H,9H2,1H3,(H2,17,18,20). The summed E-state index contributed by atoms with van der Waals surface area (Å²) in [5, 5.41) is 15.2. The lowest BCUT2D eigenvalue weighted by atomic mass is 10.1. The molecule has 21 heavy (non-hydrogen) atoms. The largest absolute Gasteiger partial charge is 0.467 e. The number of benzene rings is 1. The van der Waals surface area contributed by atoms with Crippen LogP contribution in [-0.4, -0.2) is 17.2 Å². The van der Waals surface area contributed by atoms with Crippen LogP contribution in [0.25, 0.3) is 0 Å². The van der Waals surface area contributed by atoms with Crippen molar-refractivity contribution in [2.75, 3.05) is 5.32 Å². The van der Waals surface area contributed by atoms with Crippen molar-refractivity contribution in [2.45, 2.75) is 25.5 Å². The third-order valence-electron chi connectivity index (χ3n) is 2.93. The molecule has 0 radical (unpaired) electrons. The minimum Gasteiger partial charge on any atom is -0.467 e. The maximum atomic E-state index is 12.7. The van der Waals surface area contributed by atoms with Crippen LogP contribution in [-0.2, 0) is 0 Å². The summed E-state index contributed by atoms with van der Waals surface area (Å²) in [5.74, 6) is 0.0958. The minimum atomic E-state index is -0.777. The van der Waals surface area contributed by atoms with Crippen LogP contribution in [0.2, 0.25) is 0 Å². The Morgan fingerprint density at radius 1 is 1.33 bits per heavy atom. The molecule has 1 aromatic heterocycles. The smallest absolute Gasteiger partial charge is 0.319 e. The van der Waals surface area contributed by atoms with Crippen LogP contribution < -0.4 is 10.6 Å². The number of furan rings is 1. The predicted octanol–water partition coefficient (Wildman–Crippen LogP) is 3.05. The second kappa shape index (κ2) is 6.90. The quantitative estimate of drug-likeness (QED) is 0.793. The number of halogens is 1. The van der Waals surface area contributed by atoms with Gasteiger partial charge in [0.25, 0.3) is 0 Å². The van der Waals surface area contributed by atoms with Crippen molar-refractivity contribution >= 4 is 11.7 Å². The van der Waals surface area contributed by atoms with Crippen molar-refractivity contribution in [3.05, 3.63) is 54.2 Å². The number of hydrogen-bond acceptors (Lipinski definition) is 3. The summed E-state index contributed by atoms with van der Waals surface area (Å²) in [6, 6.07) is 8.16. The summed E-state index contributed by atoms with van der Waals surface area (Å²) in [6.07, 6.45) is 1.03. The average Bonchev–Trinajstić information content (AvgIpc) is 2.95. The van der Waals surface area contributed by atoms with E-state index >= 15 is 0 Å². The van der Waals surface area contributed by atoms with E-state index in [-0.39, 0.29) is 11.9 Å². The van der Waals surface area contributed by atoms with E-state index in [1.807, 2.05) is 0 Å². The van der Waals surface area contributed by atoms with E-state index < -0.39 is 12.1 Å². The molecule has 2 unspecified atom stereocenters. The molecule has 0 aliphatic carbocycles. The highest BCUT2D eigenvalue weighted by Crippen LogP contribution is 2.18. The topological polar surface area (TPSA) is 74.5 Å². The van der Waals surface area contributed by atoms with Crippen LogP contribution in [0, 0.1) is 5.82 Å². The lowest BCUT2D eigenvalue weighted by Gasteiger charge is -2.17. The fraction of sp³-hybridized carbons (Fsp3) is 0.267. The van der Waals surface area contributed by atoms with E-state index in [0.717, 1.165) is 0 Å². The molecule has 0 saturated heterocycles. The molecule has 0 aliphatic rings. The van der Waals surface area contributed by atoms with E-state index in [0.29, 0.717) is 17.9 Å². The predicted molar refractivity (Wildman–Crippen MR) is 76.3 cm³/mol. The minimum absolute atomic E-state index is 0.259. The van der Waals surface area contributed by atoms with Crippen molar-refractivity contribution < 1.29 is 18.7 Å². The van der Waals surface area contributed by atoms with Gasteiger partial charge in [0, 0.05) is 18.2 Å². The molecule has 3 N–H and O–H groups in total. The Kier molecular flexibility index (Phi) is 4.94. The highest BCUT2D eigenvalue weighted by Gasteiger charge is 2.16. The second-order valence-electron chi connectivity index (χ2n) is 4.77. The molecule has 2 aromatic rings. The van der Waals surface area contributed by atoms with E-state index in [1.165, 1.54) is 30.5 Å². The van der Waals surface area contributed by atoms with Gasteiger partial charge in [0.1, 0.15) is 17.7 Å². The van der Waals surface area contributed by atoms with Gasteiger partial charge >= 0.3 is 6.03 Å². The fourth-order valence-electron chi connectivity index (χ4n) is 1.92. The van der Waals surface area contributed by atoms with Crippen molar-refractivity contribution in [1.82, 2.24) is 5.32 Å². The van der Waals surface area contributed by atoms with Crippen molar-refractivity contribution in [2.24, 2.45) is 0 Å². The number of carbonyl (C=O) groups is 1. The Hall–Kier alpha value is -2.34. The molecule has 0 fully saturated rings. The van der Waals surface area contributed by atoms with E-state index in [1.54, 1.807) is 19.1 Å². The lowest BCUT2D eigenvalue weighted by molar-refractivity contribution is 0.130. The molecule has 2 rings (SSSR count). The molecule has 5 nitrogen and oxygen atoms in total. The molecule has 0 saturated carbocycles. The highest BCUT2D eigenvalue weighted by molar-refractivity contribution is 5.89.